The predicted molar refractivity (Wildman–Crippen MR) is 99.4 cm³/mol. The molecule has 7 nitrogen and oxygen atoms in total. The van der Waals surface area contributed by atoms with Crippen LogP contribution in [-0.2, 0) is 5.41 Å². The van der Waals surface area contributed by atoms with Crippen molar-refractivity contribution in [3.8, 4) is 34.5 Å². The van der Waals surface area contributed by atoms with Gasteiger partial charge in [0.25, 0.3) is 0 Å². The number of nitrogens with one attached hydrogen (secondary N) is 1. The molecule has 0 fully saturated rings. The molecule has 0 spiro atoms. The van der Waals surface area contributed by atoms with Gasteiger partial charge in [0.05, 0.1) is 18.5 Å². The molecule has 0 aliphatic rings. The average molecular weight is 348 g/mol. The molecule has 3 heterocycles. The zero-order chi connectivity index (χ0) is 18.9. The Labute approximate surface area is 151 Å². The summed E-state index contributed by atoms with van der Waals surface area (Å²) in [6, 6.07) is 9.46. The highest BCUT2D eigenvalue weighted by Crippen LogP contribution is 2.32. The Morgan fingerprint density at radius 3 is 2.50 bits per heavy atom. The third kappa shape index (κ3) is 3.22. The Bertz CT molecular complexity index is 977. The Kier molecular flexibility index (Phi) is 4.34. The SMILES string of the molecule is COc1ccc(-c2cc(-c3cc(C(C)(C)C)[nH]n3)c(C#N)c(N)n2)cn1. The highest BCUT2D eigenvalue weighted by atomic mass is 16.5. The number of aromatic nitrogens is 4. The van der Waals surface area contributed by atoms with Crippen molar-refractivity contribution in [1.29, 1.82) is 5.26 Å². The molecule has 0 aliphatic heterocycles. The molecule has 0 aromatic carbocycles. The zero-order valence-corrected chi connectivity index (χ0v) is 15.2. The van der Waals surface area contributed by atoms with Crippen LogP contribution in [0.25, 0.3) is 22.5 Å². The average Bonchev–Trinajstić information content (AvgIpc) is 3.11. The van der Waals surface area contributed by atoms with Crippen molar-refractivity contribution >= 4 is 5.82 Å². The molecule has 3 N–H and O–H groups in total. The summed E-state index contributed by atoms with van der Waals surface area (Å²) < 4.78 is 5.08. The molecule has 0 amide bonds. The van der Waals surface area contributed by atoms with Gasteiger partial charge in [-0.15, -0.1) is 0 Å². The fourth-order valence-electron chi connectivity index (χ4n) is 2.53. The van der Waals surface area contributed by atoms with E-state index in [9.17, 15) is 5.26 Å². The highest BCUT2D eigenvalue weighted by molar-refractivity contribution is 5.78. The topological polar surface area (TPSA) is 114 Å². The third-order valence-corrected chi connectivity index (χ3v) is 4.06. The number of nitrogens with two attached hydrogens (primary N) is 1. The van der Waals surface area contributed by atoms with Gasteiger partial charge in [-0.3, -0.25) is 5.10 Å². The lowest BCUT2D eigenvalue weighted by Crippen LogP contribution is -2.11. The van der Waals surface area contributed by atoms with E-state index in [0.29, 0.717) is 28.4 Å². The number of hydrogen-bond acceptors (Lipinski definition) is 6. The lowest BCUT2D eigenvalue weighted by molar-refractivity contribution is 0.398. The smallest absolute Gasteiger partial charge is 0.212 e. The fraction of sp³-hybridized carbons (Fsp3) is 0.263. The number of pyridine rings is 2. The number of aromatic amines is 1. The first-order valence-electron chi connectivity index (χ1n) is 8.10. The second kappa shape index (κ2) is 6.48. The largest absolute Gasteiger partial charge is 0.481 e. The van der Waals surface area contributed by atoms with Gasteiger partial charge in [0.2, 0.25) is 5.88 Å². The maximum atomic E-state index is 9.52. The zero-order valence-electron chi connectivity index (χ0n) is 15.2. The third-order valence-electron chi connectivity index (χ3n) is 4.06. The van der Waals surface area contributed by atoms with Crippen molar-refractivity contribution in [3.63, 3.8) is 0 Å². The molecule has 0 saturated carbocycles. The van der Waals surface area contributed by atoms with Crippen molar-refractivity contribution in [2.24, 2.45) is 0 Å². The summed E-state index contributed by atoms with van der Waals surface area (Å²) >= 11 is 0. The van der Waals surface area contributed by atoms with Gasteiger partial charge in [0, 0.05) is 34.5 Å². The lowest BCUT2D eigenvalue weighted by atomic mass is 9.91. The number of anilines is 1. The Morgan fingerprint density at radius 1 is 1.19 bits per heavy atom. The molecule has 0 atom stereocenters. The summed E-state index contributed by atoms with van der Waals surface area (Å²) in [6.45, 7) is 6.26. The van der Waals surface area contributed by atoms with Crippen molar-refractivity contribution in [2.45, 2.75) is 26.2 Å². The Hall–Kier alpha value is -3.40. The van der Waals surface area contributed by atoms with Crippen molar-refractivity contribution in [2.75, 3.05) is 12.8 Å². The van der Waals surface area contributed by atoms with E-state index in [2.05, 4.69) is 47.0 Å². The van der Waals surface area contributed by atoms with Crippen LogP contribution in [0.2, 0.25) is 0 Å². The summed E-state index contributed by atoms with van der Waals surface area (Å²) in [5.74, 6) is 0.675. The van der Waals surface area contributed by atoms with E-state index >= 15 is 0 Å². The minimum Gasteiger partial charge on any atom is -0.481 e. The quantitative estimate of drug-likeness (QED) is 0.751. The van der Waals surface area contributed by atoms with Gasteiger partial charge in [0.15, 0.2) is 0 Å². The number of ether oxygens (including phenoxy) is 1. The van der Waals surface area contributed by atoms with Crippen LogP contribution in [0.1, 0.15) is 32.0 Å². The standard InChI is InChI=1S/C19H20N6O/c1-19(2,3)16-8-15(24-25-16)12-7-14(23-18(21)13(12)9-20)11-5-6-17(26-4)22-10-11/h5-8,10H,1-4H3,(H2,21,23)(H,24,25). The minimum atomic E-state index is -0.0840. The van der Waals surface area contributed by atoms with Gasteiger partial charge < -0.3 is 10.5 Å². The lowest BCUT2D eigenvalue weighted by Gasteiger charge is -2.14. The number of rotatable bonds is 3. The van der Waals surface area contributed by atoms with Gasteiger partial charge in [-0.25, -0.2) is 9.97 Å². The van der Waals surface area contributed by atoms with Gasteiger partial charge in [-0.05, 0) is 18.2 Å². The molecule has 3 aromatic heterocycles. The molecule has 0 aliphatic carbocycles. The maximum absolute atomic E-state index is 9.52. The van der Waals surface area contributed by atoms with Crippen LogP contribution in [0.15, 0.2) is 30.5 Å². The number of nitrogen functional groups attached to an aromatic ring is 1. The van der Waals surface area contributed by atoms with E-state index in [1.807, 2.05) is 12.1 Å². The van der Waals surface area contributed by atoms with Gasteiger partial charge >= 0.3 is 0 Å². The number of nitriles is 1. The molecule has 3 aromatic rings. The summed E-state index contributed by atoms with van der Waals surface area (Å²) in [7, 11) is 1.56. The normalized spacial score (nSPS) is 11.2. The fourth-order valence-corrected chi connectivity index (χ4v) is 2.53. The molecule has 132 valence electrons. The van der Waals surface area contributed by atoms with E-state index in [0.717, 1.165) is 11.3 Å². The molecule has 0 saturated heterocycles. The minimum absolute atomic E-state index is 0.0840. The van der Waals surface area contributed by atoms with Crippen LogP contribution in [0, 0.1) is 11.3 Å². The second-order valence-electron chi connectivity index (χ2n) is 6.93. The molecule has 0 radical (unpaired) electrons. The summed E-state index contributed by atoms with van der Waals surface area (Å²) in [5.41, 5.74) is 9.92. The van der Waals surface area contributed by atoms with Crippen LogP contribution in [0.3, 0.4) is 0 Å². The number of nitrogens with zero attached hydrogens (tertiary/aromatic N) is 4. The van der Waals surface area contributed by atoms with Gasteiger partial charge in [0.1, 0.15) is 17.5 Å². The van der Waals surface area contributed by atoms with Crippen LogP contribution < -0.4 is 10.5 Å². The first-order chi connectivity index (χ1) is 12.3. The van der Waals surface area contributed by atoms with Crippen LogP contribution in [0.4, 0.5) is 5.82 Å². The summed E-state index contributed by atoms with van der Waals surface area (Å²) in [4.78, 5) is 8.54. The number of methoxy groups -OCH3 is 1. The molecule has 26 heavy (non-hydrogen) atoms. The Balaban J connectivity index is 2.13. The number of H-pyrrole nitrogens is 1. The van der Waals surface area contributed by atoms with Crippen LogP contribution in [-0.4, -0.2) is 27.3 Å². The van der Waals surface area contributed by atoms with Gasteiger partial charge in [-0.1, -0.05) is 20.8 Å². The van der Waals surface area contributed by atoms with Crippen molar-refractivity contribution in [3.05, 3.63) is 41.7 Å². The van der Waals surface area contributed by atoms with Crippen LogP contribution >= 0.6 is 0 Å². The molecule has 0 unspecified atom stereocenters. The summed E-state index contributed by atoms with van der Waals surface area (Å²) in [6.07, 6.45) is 1.65. The first kappa shape index (κ1) is 17.4. The van der Waals surface area contributed by atoms with Gasteiger partial charge in [-0.2, -0.15) is 10.4 Å². The van der Waals surface area contributed by atoms with E-state index in [4.69, 9.17) is 10.5 Å². The summed E-state index contributed by atoms with van der Waals surface area (Å²) in [5, 5.41) is 16.9. The van der Waals surface area contributed by atoms with E-state index in [1.165, 1.54) is 0 Å². The second-order valence-corrected chi connectivity index (χ2v) is 6.93. The first-order valence-corrected chi connectivity index (χ1v) is 8.10. The van der Waals surface area contributed by atoms with Crippen LogP contribution in [0.5, 0.6) is 5.88 Å². The Morgan fingerprint density at radius 2 is 1.96 bits per heavy atom. The number of hydrogen-bond donors (Lipinski definition) is 2. The molecule has 3 rings (SSSR count). The highest BCUT2D eigenvalue weighted by Gasteiger charge is 2.20. The van der Waals surface area contributed by atoms with Crippen molar-refractivity contribution in [1.82, 2.24) is 20.2 Å². The molecular weight excluding hydrogens is 328 g/mol. The maximum Gasteiger partial charge on any atom is 0.212 e. The van der Waals surface area contributed by atoms with E-state index in [-0.39, 0.29) is 11.2 Å². The van der Waals surface area contributed by atoms with E-state index in [1.54, 1.807) is 25.4 Å². The molecular formula is C19H20N6O. The molecule has 7 heteroatoms. The monoisotopic (exact) mass is 348 g/mol. The van der Waals surface area contributed by atoms with E-state index < -0.39 is 0 Å². The van der Waals surface area contributed by atoms with Crippen molar-refractivity contribution < 1.29 is 4.74 Å². The molecule has 0 bridgehead atoms. The predicted octanol–water partition coefficient (Wildman–Crippen LogP) is 3.29.